The lowest BCUT2D eigenvalue weighted by molar-refractivity contribution is 0.912. The van der Waals surface area contributed by atoms with Gasteiger partial charge in [0.2, 0.25) is 0 Å². The van der Waals surface area contributed by atoms with Gasteiger partial charge in [-0.2, -0.15) is 0 Å². The first-order valence-electron chi connectivity index (χ1n) is 3.85. The summed E-state index contributed by atoms with van der Waals surface area (Å²) in [7, 11) is 0. The molecule has 1 aromatic carbocycles. The molecule has 0 aromatic heterocycles. The smallest absolute Gasteiger partial charge is 0.0781 e. The van der Waals surface area contributed by atoms with E-state index in [2.05, 4.69) is 0 Å². The second-order valence-corrected chi connectivity index (χ2v) is 4.14. The number of hydrogen-bond acceptors (Lipinski definition) is 0. The molecule has 0 amide bonds. The van der Waals surface area contributed by atoms with Crippen LogP contribution < -0.4 is 0 Å². The summed E-state index contributed by atoms with van der Waals surface area (Å²) in [5, 5.41) is 1.72. The summed E-state index contributed by atoms with van der Waals surface area (Å²) in [5.74, 6) is 0. The van der Waals surface area contributed by atoms with Crippen molar-refractivity contribution >= 4 is 34.8 Å². The molecule has 0 fully saturated rings. The van der Waals surface area contributed by atoms with Gasteiger partial charge >= 0.3 is 0 Å². The first-order chi connectivity index (χ1) is 5.70. The fourth-order valence-electron chi connectivity index (χ4n) is 1.63. The lowest BCUT2D eigenvalue weighted by atomic mass is 10.1. The minimum Gasteiger partial charge on any atom is -0.0826 e. The Hall–Kier alpha value is 0.0900. The van der Waals surface area contributed by atoms with Crippen LogP contribution in [0.1, 0.15) is 17.5 Å². The van der Waals surface area contributed by atoms with Crippen LogP contribution in [0.4, 0.5) is 0 Å². The van der Waals surface area contributed by atoms with Crippen molar-refractivity contribution in [1.29, 1.82) is 0 Å². The Labute approximate surface area is 86.4 Å². The number of aryl methyl sites for hydroxylation is 1. The average Bonchev–Trinajstić information content (AvgIpc) is 2.48. The third kappa shape index (κ3) is 1.22. The molecule has 0 saturated heterocycles. The van der Waals surface area contributed by atoms with Gasteiger partial charge in [-0.1, -0.05) is 34.8 Å². The summed E-state index contributed by atoms with van der Waals surface area (Å²) < 4.78 is 0. The lowest BCUT2D eigenvalue weighted by Crippen LogP contribution is -1.85. The van der Waals surface area contributed by atoms with Crippen LogP contribution in [-0.2, 0) is 12.8 Å². The number of fused-ring (bicyclic) bond motifs is 1. The Morgan fingerprint density at radius 3 is 2.50 bits per heavy atom. The Balaban J connectivity index is 2.67. The molecule has 1 aliphatic carbocycles. The van der Waals surface area contributed by atoms with Gasteiger partial charge in [0.25, 0.3) is 0 Å². The number of benzene rings is 1. The molecule has 3 heteroatoms. The molecule has 0 aliphatic heterocycles. The van der Waals surface area contributed by atoms with E-state index in [1.165, 1.54) is 11.1 Å². The highest BCUT2D eigenvalue weighted by Crippen LogP contribution is 2.38. The maximum atomic E-state index is 6.03. The molecule has 1 aliphatic rings. The third-order valence-corrected chi connectivity index (χ3v) is 3.53. The molecular formula is C9H7Cl3. The molecule has 0 saturated carbocycles. The van der Waals surface area contributed by atoms with Crippen LogP contribution in [0.5, 0.6) is 0 Å². The zero-order chi connectivity index (χ0) is 8.72. The van der Waals surface area contributed by atoms with E-state index in [1.54, 1.807) is 0 Å². The highest BCUT2D eigenvalue weighted by Gasteiger charge is 2.18. The van der Waals surface area contributed by atoms with Crippen LogP contribution in [0.3, 0.4) is 0 Å². The number of hydrogen-bond donors (Lipinski definition) is 0. The second kappa shape index (κ2) is 3.10. The summed E-state index contributed by atoms with van der Waals surface area (Å²) in [4.78, 5) is 0. The fourth-order valence-corrected chi connectivity index (χ4v) is 2.39. The summed E-state index contributed by atoms with van der Waals surface area (Å²) in [6, 6.07) is 1.93. The van der Waals surface area contributed by atoms with E-state index in [-0.39, 0.29) is 0 Å². The van der Waals surface area contributed by atoms with Crippen LogP contribution in [-0.4, -0.2) is 0 Å². The largest absolute Gasteiger partial charge is 0.0826 e. The van der Waals surface area contributed by atoms with Gasteiger partial charge in [-0.05, 0) is 36.5 Å². The van der Waals surface area contributed by atoms with Gasteiger partial charge in [0.05, 0.1) is 15.1 Å². The lowest BCUT2D eigenvalue weighted by Gasteiger charge is -2.05. The first-order valence-corrected chi connectivity index (χ1v) is 4.99. The zero-order valence-electron chi connectivity index (χ0n) is 6.33. The molecule has 64 valence electrons. The quantitative estimate of drug-likeness (QED) is 0.578. The van der Waals surface area contributed by atoms with E-state index in [1.807, 2.05) is 6.07 Å². The van der Waals surface area contributed by atoms with Crippen molar-refractivity contribution in [2.24, 2.45) is 0 Å². The maximum absolute atomic E-state index is 6.03. The molecule has 0 heterocycles. The van der Waals surface area contributed by atoms with Crippen molar-refractivity contribution in [2.75, 3.05) is 0 Å². The van der Waals surface area contributed by atoms with Gasteiger partial charge in [0.1, 0.15) is 0 Å². The maximum Gasteiger partial charge on any atom is 0.0781 e. The van der Waals surface area contributed by atoms with E-state index in [0.29, 0.717) is 15.1 Å². The van der Waals surface area contributed by atoms with Crippen molar-refractivity contribution in [2.45, 2.75) is 19.3 Å². The first kappa shape index (κ1) is 8.68. The predicted molar refractivity (Wildman–Crippen MR) is 53.5 cm³/mol. The minimum absolute atomic E-state index is 0.499. The van der Waals surface area contributed by atoms with E-state index in [0.717, 1.165) is 19.3 Å². The topological polar surface area (TPSA) is 0 Å². The molecule has 12 heavy (non-hydrogen) atoms. The van der Waals surface area contributed by atoms with Crippen molar-refractivity contribution in [3.63, 3.8) is 0 Å². The van der Waals surface area contributed by atoms with Crippen molar-refractivity contribution in [1.82, 2.24) is 0 Å². The van der Waals surface area contributed by atoms with E-state index < -0.39 is 0 Å². The molecule has 0 unspecified atom stereocenters. The van der Waals surface area contributed by atoms with Crippen LogP contribution in [0, 0.1) is 0 Å². The molecule has 0 spiro atoms. The molecular weight excluding hydrogens is 214 g/mol. The van der Waals surface area contributed by atoms with Gasteiger partial charge in [-0.15, -0.1) is 0 Å². The highest BCUT2D eigenvalue weighted by molar-refractivity contribution is 6.48. The van der Waals surface area contributed by atoms with Crippen LogP contribution in [0.15, 0.2) is 6.07 Å². The van der Waals surface area contributed by atoms with Gasteiger partial charge in [-0.25, -0.2) is 0 Å². The van der Waals surface area contributed by atoms with E-state index >= 15 is 0 Å². The van der Waals surface area contributed by atoms with Crippen molar-refractivity contribution < 1.29 is 0 Å². The van der Waals surface area contributed by atoms with Crippen LogP contribution >= 0.6 is 34.8 Å². The van der Waals surface area contributed by atoms with Gasteiger partial charge in [0, 0.05) is 0 Å². The molecule has 0 nitrogen and oxygen atoms in total. The van der Waals surface area contributed by atoms with Crippen molar-refractivity contribution in [3.8, 4) is 0 Å². The summed E-state index contributed by atoms with van der Waals surface area (Å²) in [6.07, 6.45) is 3.27. The Morgan fingerprint density at radius 2 is 1.75 bits per heavy atom. The minimum atomic E-state index is 0.499. The molecule has 2 rings (SSSR count). The van der Waals surface area contributed by atoms with Crippen LogP contribution in [0.2, 0.25) is 15.1 Å². The molecule has 1 aromatic rings. The Morgan fingerprint density at radius 1 is 1.00 bits per heavy atom. The standard InChI is InChI=1S/C9H7Cl3/c10-7-4-5-2-1-3-6(5)8(11)9(7)12/h4H,1-3H2. The Kier molecular flexibility index (Phi) is 2.24. The number of rotatable bonds is 0. The normalized spacial score (nSPS) is 14.9. The molecule has 0 atom stereocenters. The van der Waals surface area contributed by atoms with Gasteiger partial charge < -0.3 is 0 Å². The Bertz CT molecular complexity index is 331. The summed E-state index contributed by atoms with van der Waals surface area (Å²) >= 11 is 17.8. The van der Waals surface area contributed by atoms with Crippen molar-refractivity contribution in [3.05, 3.63) is 32.3 Å². The highest BCUT2D eigenvalue weighted by atomic mass is 35.5. The monoisotopic (exact) mass is 220 g/mol. The zero-order valence-corrected chi connectivity index (χ0v) is 8.60. The SMILES string of the molecule is Clc1cc2c(c(Cl)c1Cl)CCC2. The second-order valence-electron chi connectivity index (χ2n) is 2.98. The van der Waals surface area contributed by atoms with Gasteiger partial charge in [0.15, 0.2) is 0 Å². The third-order valence-electron chi connectivity index (χ3n) is 2.23. The summed E-state index contributed by atoms with van der Waals surface area (Å²) in [5.41, 5.74) is 2.44. The predicted octanol–water partition coefficient (Wildman–Crippen LogP) is 4.14. The number of halogens is 3. The summed E-state index contributed by atoms with van der Waals surface area (Å²) in [6.45, 7) is 0. The van der Waals surface area contributed by atoms with E-state index in [4.69, 9.17) is 34.8 Å². The van der Waals surface area contributed by atoms with Gasteiger partial charge in [-0.3, -0.25) is 0 Å². The molecule has 0 bridgehead atoms. The molecule has 0 radical (unpaired) electrons. The van der Waals surface area contributed by atoms with Crippen LogP contribution in [0.25, 0.3) is 0 Å². The fraction of sp³-hybridized carbons (Fsp3) is 0.333. The average molecular weight is 222 g/mol. The molecule has 0 N–H and O–H groups in total. The van der Waals surface area contributed by atoms with E-state index in [9.17, 15) is 0 Å².